The lowest BCUT2D eigenvalue weighted by Crippen LogP contribution is -2.69. The molecule has 0 aromatic rings. The first-order chi connectivity index (χ1) is 7.15. The Morgan fingerprint density at radius 1 is 1.33 bits per heavy atom. The minimum absolute atomic E-state index is 0.152. The fraction of sp³-hybridized carbons (Fsp3) is 0.667. The number of hydrogen-bond donors (Lipinski definition) is 2. The molecule has 9 heteroatoms. The molecule has 4 N–H and O–H groups in total. The van der Waals surface area contributed by atoms with Crippen LogP contribution in [0.4, 0.5) is 9.59 Å². The van der Waals surface area contributed by atoms with Crippen molar-refractivity contribution in [3.63, 3.8) is 0 Å². The standard InChI is InChI=1S/C6H12N4O5/c1-2-13-4-3-9(5(11)14-7)10(4)6(12)15-8/h4H,2-3,7-8H2,1H3. The van der Waals surface area contributed by atoms with E-state index in [1.807, 2.05) is 0 Å². The van der Waals surface area contributed by atoms with Crippen LogP contribution in [0.5, 0.6) is 0 Å². The molecule has 1 aliphatic heterocycles. The summed E-state index contributed by atoms with van der Waals surface area (Å²) in [5.41, 5.74) is 0. The van der Waals surface area contributed by atoms with E-state index in [9.17, 15) is 9.59 Å². The van der Waals surface area contributed by atoms with Gasteiger partial charge in [-0.3, -0.25) is 0 Å². The van der Waals surface area contributed by atoms with Gasteiger partial charge in [0.05, 0.1) is 6.54 Å². The minimum Gasteiger partial charge on any atom is -0.355 e. The maximum atomic E-state index is 11.1. The Kier molecular flexibility index (Phi) is 3.66. The first-order valence-corrected chi connectivity index (χ1v) is 4.15. The van der Waals surface area contributed by atoms with E-state index in [2.05, 4.69) is 21.5 Å². The molecular weight excluding hydrogens is 208 g/mol. The van der Waals surface area contributed by atoms with Crippen LogP contribution in [0.2, 0.25) is 0 Å². The molecule has 0 spiro atoms. The molecule has 1 fully saturated rings. The average molecular weight is 220 g/mol. The van der Waals surface area contributed by atoms with Crippen LogP contribution in [-0.4, -0.2) is 41.6 Å². The molecular formula is C6H12N4O5. The molecule has 2 amide bonds. The van der Waals surface area contributed by atoms with Crippen LogP contribution in [0.3, 0.4) is 0 Å². The second-order valence-electron chi connectivity index (χ2n) is 2.60. The Bertz CT molecular complexity index is 260. The van der Waals surface area contributed by atoms with E-state index < -0.39 is 18.4 Å². The molecule has 1 aliphatic rings. The van der Waals surface area contributed by atoms with Crippen LogP contribution < -0.4 is 11.8 Å². The molecule has 1 heterocycles. The third kappa shape index (κ3) is 2.09. The molecule has 15 heavy (non-hydrogen) atoms. The van der Waals surface area contributed by atoms with Crippen LogP contribution in [0, 0.1) is 0 Å². The highest BCUT2D eigenvalue weighted by atomic mass is 16.7. The number of nitrogens with zero attached hydrogens (tertiary/aromatic N) is 2. The summed E-state index contributed by atoms with van der Waals surface area (Å²) in [6.45, 7) is 2.28. The fourth-order valence-electron chi connectivity index (χ4n) is 1.18. The van der Waals surface area contributed by atoms with Crippen molar-refractivity contribution >= 4 is 12.2 Å². The van der Waals surface area contributed by atoms with Crippen LogP contribution in [0.15, 0.2) is 0 Å². The quantitative estimate of drug-likeness (QED) is 0.566. The van der Waals surface area contributed by atoms with Gasteiger partial charge in [-0.15, -0.1) is 0 Å². The summed E-state index contributed by atoms with van der Waals surface area (Å²) in [6.07, 6.45) is -2.41. The number of ether oxygens (including phenoxy) is 1. The van der Waals surface area contributed by atoms with E-state index in [-0.39, 0.29) is 6.54 Å². The van der Waals surface area contributed by atoms with Crippen molar-refractivity contribution in [2.75, 3.05) is 13.2 Å². The van der Waals surface area contributed by atoms with Gasteiger partial charge in [0.1, 0.15) is 0 Å². The highest BCUT2D eigenvalue weighted by molar-refractivity contribution is 5.75. The zero-order valence-corrected chi connectivity index (χ0v) is 8.08. The lowest BCUT2D eigenvalue weighted by atomic mass is 10.4. The number of carbonyl (C=O) groups excluding carboxylic acids is 2. The summed E-state index contributed by atoms with van der Waals surface area (Å²) in [6, 6.07) is 0. The molecule has 1 unspecified atom stereocenters. The summed E-state index contributed by atoms with van der Waals surface area (Å²) in [7, 11) is 0. The smallest absolute Gasteiger partial charge is 0.355 e. The fourth-order valence-corrected chi connectivity index (χ4v) is 1.18. The molecule has 1 saturated heterocycles. The summed E-state index contributed by atoms with van der Waals surface area (Å²) >= 11 is 0. The number of rotatable bonds is 2. The van der Waals surface area contributed by atoms with Gasteiger partial charge >= 0.3 is 12.2 Å². The number of hydrogen-bond acceptors (Lipinski definition) is 7. The minimum atomic E-state index is -0.926. The Hall–Kier alpha value is -1.58. The molecule has 0 aromatic heterocycles. The molecule has 1 rings (SSSR count). The number of nitrogens with two attached hydrogens (primary N) is 2. The van der Waals surface area contributed by atoms with Crippen LogP contribution >= 0.6 is 0 Å². The van der Waals surface area contributed by atoms with Crippen LogP contribution in [0.25, 0.3) is 0 Å². The normalized spacial score (nSPS) is 19.5. The molecule has 0 aromatic carbocycles. The van der Waals surface area contributed by atoms with Gasteiger partial charge in [-0.2, -0.15) is 16.8 Å². The van der Waals surface area contributed by atoms with Crippen molar-refractivity contribution in [3.05, 3.63) is 0 Å². The van der Waals surface area contributed by atoms with Gasteiger partial charge in [0, 0.05) is 6.61 Å². The Balaban J connectivity index is 2.63. The topological polar surface area (TPSA) is 120 Å². The maximum Gasteiger partial charge on any atom is 0.450 e. The monoisotopic (exact) mass is 220 g/mol. The molecule has 0 saturated carbocycles. The van der Waals surface area contributed by atoms with E-state index in [1.165, 1.54) is 0 Å². The molecule has 0 bridgehead atoms. The average Bonchev–Trinajstić information content (AvgIpc) is 2.22. The maximum absolute atomic E-state index is 11.1. The predicted molar refractivity (Wildman–Crippen MR) is 45.3 cm³/mol. The van der Waals surface area contributed by atoms with E-state index >= 15 is 0 Å². The van der Waals surface area contributed by atoms with Crippen molar-refractivity contribution in [1.29, 1.82) is 0 Å². The second kappa shape index (κ2) is 4.77. The van der Waals surface area contributed by atoms with Crippen molar-refractivity contribution in [1.82, 2.24) is 10.0 Å². The van der Waals surface area contributed by atoms with E-state index in [4.69, 9.17) is 4.74 Å². The highest BCUT2D eigenvalue weighted by Gasteiger charge is 2.46. The van der Waals surface area contributed by atoms with Crippen LogP contribution in [-0.2, 0) is 14.4 Å². The lowest BCUT2D eigenvalue weighted by Gasteiger charge is -2.46. The molecule has 9 nitrogen and oxygen atoms in total. The van der Waals surface area contributed by atoms with E-state index in [1.54, 1.807) is 6.92 Å². The summed E-state index contributed by atoms with van der Waals surface area (Å²) in [5, 5.41) is 1.79. The van der Waals surface area contributed by atoms with Crippen molar-refractivity contribution in [2.24, 2.45) is 11.8 Å². The molecule has 1 atom stereocenters. The third-order valence-electron chi connectivity index (χ3n) is 1.82. The second-order valence-corrected chi connectivity index (χ2v) is 2.60. The summed E-state index contributed by atoms with van der Waals surface area (Å²) in [4.78, 5) is 30.0. The van der Waals surface area contributed by atoms with Gasteiger partial charge < -0.3 is 14.4 Å². The van der Waals surface area contributed by atoms with Gasteiger partial charge in [0.15, 0.2) is 6.23 Å². The number of carbonyl (C=O) groups is 2. The SMILES string of the molecule is CCOC1CN(C(=O)ON)N1C(=O)ON. The van der Waals surface area contributed by atoms with Crippen molar-refractivity contribution in [3.8, 4) is 0 Å². The Labute approximate surface area is 85.3 Å². The molecule has 0 aliphatic carbocycles. The van der Waals surface area contributed by atoms with E-state index in [0.717, 1.165) is 10.0 Å². The van der Waals surface area contributed by atoms with Crippen molar-refractivity contribution < 1.29 is 24.0 Å². The van der Waals surface area contributed by atoms with Gasteiger partial charge in [-0.1, -0.05) is 0 Å². The van der Waals surface area contributed by atoms with Gasteiger partial charge in [-0.25, -0.2) is 14.6 Å². The highest BCUT2D eigenvalue weighted by Crippen LogP contribution is 2.21. The largest absolute Gasteiger partial charge is 0.450 e. The zero-order valence-electron chi connectivity index (χ0n) is 8.08. The number of amides is 2. The summed E-state index contributed by atoms with van der Waals surface area (Å²) < 4.78 is 5.12. The van der Waals surface area contributed by atoms with Crippen LogP contribution in [0.1, 0.15) is 6.92 Å². The first kappa shape index (κ1) is 11.5. The Morgan fingerprint density at radius 2 is 1.93 bits per heavy atom. The molecule has 86 valence electrons. The third-order valence-corrected chi connectivity index (χ3v) is 1.82. The summed E-state index contributed by atoms with van der Waals surface area (Å²) in [5.74, 6) is 9.35. The van der Waals surface area contributed by atoms with Gasteiger partial charge in [0.25, 0.3) is 0 Å². The van der Waals surface area contributed by atoms with Gasteiger partial charge in [0.2, 0.25) is 0 Å². The number of hydrazine groups is 1. The lowest BCUT2D eigenvalue weighted by molar-refractivity contribution is -0.220. The Morgan fingerprint density at radius 3 is 2.40 bits per heavy atom. The van der Waals surface area contributed by atoms with E-state index in [0.29, 0.717) is 6.61 Å². The van der Waals surface area contributed by atoms with Gasteiger partial charge in [-0.05, 0) is 6.92 Å². The predicted octanol–water partition coefficient (Wildman–Crippen LogP) is -1.10. The first-order valence-electron chi connectivity index (χ1n) is 4.15. The van der Waals surface area contributed by atoms with Crippen molar-refractivity contribution in [2.45, 2.75) is 13.2 Å². The molecule has 0 radical (unpaired) electrons. The zero-order chi connectivity index (χ0) is 11.4.